The van der Waals surface area contributed by atoms with E-state index in [1.165, 1.54) is 0 Å². The molecule has 0 saturated heterocycles. The van der Waals surface area contributed by atoms with Crippen molar-refractivity contribution in [3.8, 4) is 0 Å². The molecular formula is C18H20Cl2N2O. The first-order chi connectivity index (χ1) is 11.0. The number of halogens is 2. The molecule has 3 nitrogen and oxygen atoms in total. The molecule has 0 aromatic heterocycles. The van der Waals surface area contributed by atoms with E-state index >= 15 is 0 Å². The van der Waals surface area contributed by atoms with Crippen LogP contribution in [-0.4, -0.2) is 5.91 Å². The summed E-state index contributed by atoms with van der Waals surface area (Å²) in [5.74, 6) is 0.358. The second-order valence-electron chi connectivity index (χ2n) is 5.79. The molecule has 0 unspecified atom stereocenters. The molecule has 2 N–H and O–H groups in total. The monoisotopic (exact) mass is 350 g/mol. The highest BCUT2D eigenvalue weighted by Gasteiger charge is 2.07. The number of nitrogens with one attached hydrogen (secondary N) is 2. The fraction of sp³-hybridized carbons (Fsp3) is 0.278. The van der Waals surface area contributed by atoms with E-state index in [1.807, 2.05) is 50.2 Å². The quantitative estimate of drug-likeness (QED) is 0.712. The molecule has 0 saturated carbocycles. The Balaban J connectivity index is 2.00. The van der Waals surface area contributed by atoms with Crippen molar-refractivity contribution in [3.63, 3.8) is 0 Å². The number of hydrogen-bond acceptors (Lipinski definition) is 2. The molecule has 122 valence electrons. The van der Waals surface area contributed by atoms with Crippen molar-refractivity contribution in [2.45, 2.75) is 26.8 Å². The summed E-state index contributed by atoms with van der Waals surface area (Å²) >= 11 is 12.2. The highest BCUT2D eigenvalue weighted by molar-refractivity contribution is 6.42. The summed E-state index contributed by atoms with van der Waals surface area (Å²) in [6, 6.07) is 13.2. The van der Waals surface area contributed by atoms with Crippen LogP contribution in [0.25, 0.3) is 0 Å². The van der Waals surface area contributed by atoms with Crippen LogP contribution in [0.1, 0.15) is 25.8 Å². The maximum absolute atomic E-state index is 11.8. The molecule has 23 heavy (non-hydrogen) atoms. The Kier molecular flexibility index (Phi) is 6.31. The number of anilines is 2. The lowest BCUT2D eigenvalue weighted by Gasteiger charge is -2.11. The summed E-state index contributed by atoms with van der Waals surface area (Å²) in [5, 5.41) is 7.30. The minimum Gasteiger partial charge on any atom is -0.381 e. The summed E-state index contributed by atoms with van der Waals surface area (Å²) in [5.41, 5.74) is 2.61. The average molecular weight is 351 g/mol. The first-order valence-electron chi connectivity index (χ1n) is 7.52. The van der Waals surface area contributed by atoms with Crippen LogP contribution in [0.5, 0.6) is 0 Å². The van der Waals surface area contributed by atoms with E-state index in [4.69, 9.17) is 23.2 Å². The number of benzene rings is 2. The molecule has 1 amide bonds. The minimum atomic E-state index is 0.0232. The third kappa shape index (κ3) is 5.45. The van der Waals surface area contributed by atoms with E-state index in [1.54, 1.807) is 6.07 Å². The van der Waals surface area contributed by atoms with Crippen molar-refractivity contribution in [3.05, 3.63) is 58.1 Å². The Hall–Kier alpha value is -1.71. The van der Waals surface area contributed by atoms with Gasteiger partial charge in [-0.3, -0.25) is 4.79 Å². The van der Waals surface area contributed by atoms with Crippen molar-refractivity contribution in [2.75, 3.05) is 10.6 Å². The molecule has 0 fully saturated rings. The largest absolute Gasteiger partial charge is 0.381 e. The third-order valence-corrected chi connectivity index (χ3v) is 4.11. The third-order valence-electron chi connectivity index (χ3n) is 3.25. The van der Waals surface area contributed by atoms with Gasteiger partial charge in [0.25, 0.3) is 0 Å². The second kappa shape index (κ2) is 8.23. The molecule has 0 aliphatic rings. The molecule has 2 aromatic carbocycles. The summed E-state index contributed by atoms with van der Waals surface area (Å²) in [6.07, 6.45) is 0.510. The molecule has 0 heterocycles. The Morgan fingerprint density at radius 3 is 2.52 bits per heavy atom. The molecule has 2 aromatic rings. The first kappa shape index (κ1) is 17.6. The van der Waals surface area contributed by atoms with Crippen molar-refractivity contribution >= 4 is 40.5 Å². The van der Waals surface area contributed by atoms with Crippen molar-refractivity contribution < 1.29 is 4.79 Å². The highest BCUT2D eigenvalue weighted by Crippen LogP contribution is 2.26. The maximum atomic E-state index is 11.8. The van der Waals surface area contributed by atoms with Crippen LogP contribution < -0.4 is 10.6 Å². The molecule has 0 atom stereocenters. The Labute approximate surface area is 147 Å². The van der Waals surface area contributed by atoms with E-state index in [9.17, 15) is 4.79 Å². The molecule has 0 bridgehead atoms. The molecular weight excluding hydrogens is 331 g/mol. The van der Waals surface area contributed by atoms with Gasteiger partial charge in [0.05, 0.1) is 10.0 Å². The van der Waals surface area contributed by atoms with Crippen LogP contribution in [-0.2, 0) is 11.3 Å². The summed E-state index contributed by atoms with van der Waals surface area (Å²) < 4.78 is 0. The maximum Gasteiger partial charge on any atom is 0.224 e. The van der Waals surface area contributed by atoms with Gasteiger partial charge in [0, 0.05) is 24.3 Å². The van der Waals surface area contributed by atoms with E-state index in [-0.39, 0.29) is 5.91 Å². The Bertz CT molecular complexity index is 686. The van der Waals surface area contributed by atoms with Gasteiger partial charge in [-0.1, -0.05) is 55.2 Å². The van der Waals surface area contributed by atoms with Gasteiger partial charge in [-0.2, -0.15) is 0 Å². The fourth-order valence-electron chi connectivity index (χ4n) is 2.17. The molecule has 0 aliphatic heterocycles. The number of amides is 1. The Morgan fingerprint density at radius 1 is 1.09 bits per heavy atom. The normalized spacial score (nSPS) is 10.7. The zero-order chi connectivity index (χ0) is 16.8. The van der Waals surface area contributed by atoms with Crippen molar-refractivity contribution in [2.24, 2.45) is 5.92 Å². The van der Waals surface area contributed by atoms with Gasteiger partial charge in [-0.25, -0.2) is 0 Å². The lowest BCUT2D eigenvalue weighted by molar-refractivity contribution is -0.116. The SMILES string of the molecule is CC(C)CC(=O)Nc1cccc(NCc2cccc(Cl)c2Cl)c1. The molecule has 0 spiro atoms. The van der Waals surface area contributed by atoms with Crippen LogP contribution in [0, 0.1) is 5.92 Å². The van der Waals surface area contributed by atoms with Crippen LogP contribution in [0.15, 0.2) is 42.5 Å². The lowest BCUT2D eigenvalue weighted by Crippen LogP contribution is -2.13. The topological polar surface area (TPSA) is 41.1 Å². The zero-order valence-corrected chi connectivity index (χ0v) is 14.7. The predicted octanol–water partition coefficient (Wildman–Crippen LogP) is 5.59. The number of carbonyl (C=O) groups excluding carboxylic acids is 1. The summed E-state index contributed by atoms with van der Waals surface area (Å²) in [7, 11) is 0. The smallest absolute Gasteiger partial charge is 0.224 e. The van der Waals surface area contributed by atoms with Gasteiger partial charge in [0.2, 0.25) is 5.91 Å². The number of carbonyl (C=O) groups is 1. The molecule has 0 aliphatic carbocycles. The fourth-order valence-corrected chi connectivity index (χ4v) is 2.56. The van der Waals surface area contributed by atoms with Gasteiger partial charge in [0.15, 0.2) is 0 Å². The van der Waals surface area contributed by atoms with Crippen molar-refractivity contribution in [1.29, 1.82) is 0 Å². The molecule has 0 radical (unpaired) electrons. The zero-order valence-electron chi connectivity index (χ0n) is 13.2. The van der Waals surface area contributed by atoms with Gasteiger partial charge < -0.3 is 10.6 Å². The minimum absolute atomic E-state index is 0.0232. The van der Waals surface area contributed by atoms with Gasteiger partial charge in [0.1, 0.15) is 0 Å². The molecule has 5 heteroatoms. The first-order valence-corrected chi connectivity index (χ1v) is 8.28. The van der Waals surface area contributed by atoms with E-state index < -0.39 is 0 Å². The average Bonchev–Trinajstić information content (AvgIpc) is 2.48. The van der Waals surface area contributed by atoms with Gasteiger partial charge in [-0.05, 0) is 35.7 Å². The van der Waals surface area contributed by atoms with E-state index in [0.29, 0.717) is 28.9 Å². The van der Waals surface area contributed by atoms with Crippen LogP contribution in [0.2, 0.25) is 10.0 Å². The second-order valence-corrected chi connectivity index (χ2v) is 6.58. The highest BCUT2D eigenvalue weighted by atomic mass is 35.5. The summed E-state index contributed by atoms with van der Waals surface area (Å²) in [4.78, 5) is 11.8. The van der Waals surface area contributed by atoms with E-state index in [0.717, 1.165) is 16.9 Å². The van der Waals surface area contributed by atoms with Crippen LogP contribution >= 0.6 is 23.2 Å². The number of hydrogen-bond donors (Lipinski definition) is 2. The van der Waals surface area contributed by atoms with Crippen LogP contribution in [0.4, 0.5) is 11.4 Å². The van der Waals surface area contributed by atoms with Crippen molar-refractivity contribution in [1.82, 2.24) is 0 Å². The summed E-state index contributed by atoms with van der Waals surface area (Å²) in [6.45, 7) is 4.60. The van der Waals surface area contributed by atoms with Crippen LogP contribution in [0.3, 0.4) is 0 Å². The van der Waals surface area contributed by atoms with Gasteiger partial charge >= 0.3 is 0 Å². The molecule has 2 rings (SSSR count). The Morgan fingerprint density at radius 2 is 1.78 bits per heavy atom. The van der Waals surface area contributed by atoms with Gasteiger partial charge in [-0.15, -0.1) is 0 Å². The lowest BCUT2D eigenvalue weighted by atomic mass is 10.1. The predicted molar refractivity (Wildman–Crippen MR) is 98.3 cm³/mol. The standard InChI is InChI=1S/C18H20Cl2N2O/c1-12(2)9-17(23)22-15-7-4-6-14(10-15)21-11-13-5-3-8-16(19)18(13)20/h3-8,10,12,21H,9,11H2,1-2H3,(H,22,23). The number of rotatable bonds is 6. The van der Waals surface area contributed by atoms with E-state index in [2.05, 4.69) is 10.6 Å².